The molecule has 0 heterocycles. The summed E-state index contributed by atoms with van der Waals surface area (Å²) >= 11 is 0. The molecule has 20 heavy (non-hydrogen) atoms. The van der Waals surface area contributed by atoms with Gasteiger partial charge in [-0.3, -0.25) is 4.90 Å². The lowest BCUT2D eigenvalue weighted by Crippen LogP contribution is -2.34. The molecule has 0 saturated carbocycles. The van der Waals surface area contributed by atoms with Crippen molar-refractivity contribution in [2.75, 3.05) is 40.5 Å². The van der Waals surface area contributed by atoms with Gasteiger partial charge in [-0.2, -0.15) is 0 Å². The van der Waals surface area contributed by atoms with Gasteiger partial charge in [-0.25, -0.2) is 4.39 Å². The first-order valence-corrected chi connectivity index (χ1v) is 6.75. The Labute approximate surface area is 120 Å². The lowest BCUT2D eigenvalue weighted by atomic mass is 10.1. The second-order valence-corrected chi connectivity index (χ2v) is 4.86. The van der Waals surface area contributed by atoms with Crippen molar-refractivity contribution in [3.8, 4) is 0 Å². The number of halogens is 1. The number of aliphatic hydroxyl groups is 1. The highest BCUT2D eigenvalue weighted by molar-refractivity contribution is 5.20. The van der Waals surface area contributed by atoms with Crippen LogP contribution in [0.15, 0.2) is 24.3 Å². The molecule has 0 aliphatic carbocycles. The van der Waals surface area contributed by atoms with Gasteiger partial charge in [0.25, 0.3) is 0 Å². The van der Waals surface area contributed by atoms with Gasteiger partial charge in [0, 0.05) is 25.3 Å². The van der Waals surface area contributed by atoms with Crippen LogP contribution in [0.4, 0.5) is 4.39 Å². The number of aliphatic hydroxyl groups excluding tert-OH is 1. The number of ether oxygens (including phenoxy) is 2. The van der Waals surface area contributed by atoms with Crippen LogP contribution in [0.5, 0.6) is 0 Å². The number of methoxy groups -OCH3 is 1. The van der Waals surface area contributed by atoms with E-state index in [1.807, 2.05) is 24.9 Å². The van der Waals surface area contributed by atoms with Gasteiger partial charge >= 0.3 is 0 Å². The highest BCUT2D eigenvalue weighted by Crippen LogP contribution is 2.21. The van der Waals surface area contributed by atoms with Crippen molar-refractivity contribution < 1.29 is 19.0 Å². The molecule has 114 valence electrons. The van der Waals surface area contributed by atoms with E-state index in [1.165, 1.54) is 6.07 Å². The second-order valence-electron chi connectivity index (χ2n) is 4.86. The lowest BCUT2D eigenvalue weighted by Gasteiger charge is -2.27. The van der Waals surface area contributed by atoms with E-state index in [4.69, 9.17) is 9.47 Å². The Hall–Kier alpha value is -1.01. The van der Waals surface area contributed by atoms with E-state index in [1.54, 1.807) is 19.2 Å². The Bertz CT molecular complexity index is 389. The van der Waals surface area contributed by atoms with Crippen LogP contribution >= 0.6 is 0 Å². The van der Waals surface area contributed by atoms with E-state index in [0.29, 0.717) is 25.3 Å². The fraction of sp³-hybridized carbons (Fsp3) is 0.600. The zero-order valence-electron chi connectivity index (χ0n) is 12.4. The molecule has 4 nitrogen and oxygen atoms in total. The van der Waals surface area contributed by atoms with E-state index in [9.17, 15) is 9.50 Å². The highest BCUT2D eigenvalue weighted by Gasteiger charge is 2.17. The molecule has 0 aromatic heterocycles. The van der Waals surface area contributed by atoms with Crippen LogP contribution < -0.4 is 0 Å². The third-order valence-corrected chi connectivity index (χ3v) is 3.26. The average molecular weight is 285 g/mol. The number of hydrogen-bond acceptors (Lipinski definition) is 4. The summed E-state index contributed by atoms with van der Waals surface area (Å²) < 4.78 is 23.8. The smallest absolute Gasteiger partial charge is 0.127 e. The standard InChI is InChI=1S/C15H24FNO3/c1-12(14-6-4-5-7-15(14)16)17(2)10-13(18)11-20-9-8-19-3/h4-7,12-13,18H,8-11H2,1-3H3. The zero-order chi connectivity index (χ0) is 15.0. The minimum Gasteiger partial charge on any atom is -0.389 e. The summed E-state index contributed by atoms with van der Waals surface area (Å²) in [7, 11) is 3.46. The van der Waals surface area contributed by atoms with Crippen molar-refractivity contribution in [3.05, 3.63) is 35.6 Å². The van der Waals surface area contributed by atoms with Gasteiger partial charge < -0.3 is 14.6 Å². The molecule has 1 aromatic carbocycles. The first-order valence-electron chi connectivity index (χ1n) is 6.75. The molecule has 0 amide bonds. The van der Waals surface area contributed by atoms with Crippen molar-refractivity contribution in [1.29, 1.82) is 0 Å². The molecule has 5 heteroatoms. The van der Waals surface area contributed by atoms with Crippen LogP contribution in [0.3, 0.4) is 0 Å². The van der Waals surface area contributed by atoms with Crippen LogP contribution in [0, 0.1) is 5.82 Å². The Balaban J connectivity index is 2.41. The minimum atomic E-state index is -0.605. The lowest BCUT2D eigenvalue weighted by molar-refractivity contribution is -0.00172. The minimum absolute atomic E-state index is 0.107. The molecule has 0 aliphatic heterocycles. The molecule has 2 unspecified atom stereocenters. The number of likely N-dealkylation sites (N-methyl/N-ethyl adjacent to an activating group) is 1. The molecule has 0 aliphatic rings. The molecular weight excluding hydrogens is 261 g/mol. The highest BCUT2D eigenvalue weighted by atomic mass is 19.1. The monoisotopic (exact) mass is 285 g/mol. The maximum Gasteiger partial charge on any atom is 0.127 e. The predicted molar refractivity (Wildman–Crippen MR) is 76.1 cm³/mol. The summed E-state index contributed by atoms with van der Waals surface area (Å²) in [6.45, 7) is 3.55. The fourth-order valence-electron chi connectivity index (χ4n) is 1.96. The third kappa shape index (κ3) is 5.54. The molecule has 1 N–H and O–H groups in total. The van der Waals surface area contributed by atoms with E-state index >= 15 is 0 Å². The number of hydrogen-bond donors (Lipinski definition) is 1. The fourth-order valence-corrected chi connectivity index (χ4v) is 1.96. The normalized spacial score (nSPS) is 14.5. The Kier molecular flexibility index (Phi) is 7.69. The number of rotatable bonds is 9. The van der Waals surface area contributed by atoms with Crippen LogP contribution in [0.25, 0.3) is 0 Å². The van der Waals surface area contributed by atoms with E-state index in [2.05, 4.69) is 0 Å². The van der Waals surface area contributed by atoms with Gasteiger partial charge in [0.1, 0.15) is 5.82 Å². The quantitative estimate of drug-likeness (QED) is 0.703. The van der Waals surface area contributed by atoms with Crippen LogP contribution in [-0.2, 0) is 9.47 Å². The molecule has 2 atom stereocenters. The molecule has 0 radical (unpaired) electrons. The largest absolute Gasteiger partial charge is 0.389 e. The zero-order valence-corrected chi connectivity index (χ0v) is 12.4. The molecule has 1 rings (SSSR count). The number of nitrogens with zero attached hydrogens (tertiary/aromatic N) is 1. The first kappa shape index (κ1) is 17.0. The Morgan fingerprint density at radius 1 is 1.30 bits per heavy atom. The van der Waals surface area contributed by atoms with Crippen LogP contribution in [0.1, 0.15) is 18.5 Å². The van der Waals surface area contributed by atoms with E-state index < -0.39 is 6.10 Å². The Morgan fingerprint density at radius 3 is 2.65 bits per heavy atom. The van der Waals surface area contributed by atoms with Crippen LogP contribution in [0.2, 0.25) is 0 Å². The molecule has 0 saturated heterocycles. The summed E-state index contributed by atoms with van der Waals surface area (Å²) in [4.78, 5) is 1.91. The van der Waals surface area contributed by atoms with Crippen molar-refractivity contribution in [2.24, 2.45) is 0 Å². The summed E-state index contributed by atoms with van der Waals surface area (Å²) in [6.07, 6.45) is -0.605. The van der Waals surface area contributed by atoms with Gasteiger partial charge in [-0.1, -0.05) is 18.2 Å². The van der Waals surface area contributed by atoms with Gasteiger partial charge in [0.2, 0.25) is 0 Å². The van der Waals surface area contributed by atoms with Crippen LogP contribution in [-0.4, -0.2) is 56.6 Å². The van der Waals surface area contributed by atoms with Crippen molar-refractivity contribution in [2.45, 2.75) is 19.1 Å². The molecule has 1 aromatic rings. The van der Waals surface area contributed by atoms with Crippen molar-refractivity contribution in [1.82, 2.24) is 4.90 Å². The van der Waals surface area contributed by atoms with Crippen molar-refractivity contribution >= 4 is 0 Å². The summed E-state index contributed by atoms with van der Waals surface area (Å²) in [5.74, 6) is -0.224. The molecule has 0 bridgehead atoms. The van der Waals surface area contributed by atoms with Gasteiger partial charge in [-0.05, 0) is 20.0 Å². The summed E-state index contributed by atoms with van der Waals surface area (Å²) in [6, 6.07) is 6.59. The average Bonchev–Trinajstić information content (AvgIpc) is 2.43. The summed E-state index contributed by atoms with van der Waals surface area (Å²) in [5.41, 5.74) is 0.627. The molecular formula is C15H24FNO3. The van der Waals surface area contributed by atoms with Gasteiger partial charge in [0.05, 0.1) is 25.9 Å². The molecule has 0 fully saturated rings. The Morgan fingerprint density at radius 2 is 2.00 bits per heavy atom. The third-order valence-electron chi connectivity index (χ3n) is 3.26. The maximum absolute atomic E-state index is 13.7. The van der Waals surface area contributed by atoms with E-state index in [0.717, 1.165) is 0 Å². The second kappa shape index (κ2) is 9.02. The first-order chi connectivity index (χ1) is 9.56. The maximum atomic E-state index is 13.7. The summed E-state index contributed by atoms with van der Waals surface area (Å²) in [5, 5.41) is 9.88. The SMILES string of the molecule is COCCOCC(O)CN(C)C(C)c1ccccc1F. The van der Waals surface area contributed by atoms with Crippen molar-refractivity contribution in [3.63, 3.8) is 0 Å². The number of benzene rings is 1. The molecule has 0 spiro atoms. The van der Waals surface area contributed by atoms with Gasteiger partial charge in [-0.15, -0.1) is 0 Å². The van der Waals surface area contributed by atoms with Gasteiger partial charge in [0.15, 0.2) is 0 Å². The topological polar surface area (TPSA) is 41.9 Å². The van der Waals surface area contributed by atoms with E-state index in [-0.39, 0.29) is 18.5 Å². The predicted octanol–water partition coefficient (Wildman–Crippen LogP) is 1.84.